The smallest absolute Gasteiger partial charge is 0.407 e. The van der Waals surface area contributed by atoms with Crippen molar-refractivity contribution in [3.05, 3.63) is 34.6 Å². The number of carboxylic acid groups (broad SMARTS) is 1. The van der Waals surface area contributed by atoms with Crippen LogP contribution in [-0.4, -0.2) is 34.5 Å². The lowest BCUT2D eigenvalue weighted by Gasteiger charge is -2.20. The van der Waals surface area contributed by atoms with E-state index in [0.29, 0.717) is 19.4 Å². The van der Waals surface area contributed by atoms with E-state index in [1.54, 1.807) is 0 Å². The van der Waals surface area contributed by atoms with E-state index in [-0.39, 0.29) is 16.4 Å². The number of benzene rings is 1. The minimum absolute atomic E-state index is 0.0620. The SMILES string of the molecule is O=C(c1ccc(Cl)c(F)c1)C1CCCN1C(=O)O. The summed E-state index contributed by atoms with van der Waals surface area (Å²) in [6, 6.07) is 3.03. The fraction of sp³-hybridized carbons (Fsp3) is 0.333. The van der Waals surface area contributed by atoms with Gasteiger partial charge in [-0.1, -0.05) is 11.6 Å². The van der Waals surface area contributed by atoms with Gasteiger partial charge in [-0.2, -0.15) is 0 Å². The second-order valence-corrected chi connectivity index (χ2v) is 4.53. The first-order valence-electron chi connectivity index (χ1n) is 5.49. The topological polar surface area (TPSA) is 57.6 Å². The Kier molecular flexibility index (Phi) is 3.52. The van der Waals surface area contributed by atoms with Crippen LogP contribution in [0.15, 0.2) is 18.2 Å². The highest BCUT2D eigenvalue weighted by Crippen LogP contribution is 2.23. The van der Waals surface area contributed by atoms with Crippen molar-refractivity contribution in [1.82, 2.24) is 4.90 Å². The van der Waals surface area contributed by atoms with Gasteiger partial charge in [-0.3, -0.25) is 9.69 Å². The third-order valence-corrected chi connectivity index (χ3v) is 3.31. The Labute approximate surface area is 108 Å². The van der Waals surface area contributed by atoms with E-state index in [1.807, 2.05) is 0 Å². The van der Waals surface area contributed by atoms with Crippen molar-refractivity contribution in [3.63, 3.8) is 0 Å². The van der Waals surface area contributed by atoms with Crippen molar-refractivity contribution in [1.29, 1.82) is 0 Å². The number of likely N-dealkylation sites (tertiary alicyclic amines) is 1. The van der Waals surface area contributed by atoms with Crippen LogP contribution >= 0.6 is 11.6 Å². The van der Waals surface area contributed by atoms with Gasteiger partial charge >= 0.3 is 6.09 Å². The first-order valence-corrected chi connectivity index (χ1v) is 5.87. The maximum atomic E-state index is 13.3. The van der Waals surface area contributed by atoms with E-state index in [4.69, 9.17) is 16.7 Å². The molecular formula is C12H11ClFNO3. The number of carbonyl (C=O) groups is 2. The molecule has 1 aromatic rings. The average molecular weight is 272 g/mol. The number of carbonyl (C=O) groups excluding carboxylic acids is 1. The molecule has 1 N–H and O–H groups in total. The van der Waals surface area contributed by atoms with E-state index in [1.165, 1.54) is 12.1 Å². The number of hydrogen-bond acceptors (Lipinski definition) is 2. The largest absolute Gasteiger partial charge is 0.465 e. The van der Waals surface area contributed by atoms with Gasteiger partial charge in [0.25, 0.3) is 0 Å². The van der Waals surface area contributed by atoms with Gasteiger partial charge in [0.1, 0.15) is 5.82 Å². The van der Waals surface area contributed by atoms with Crippen LogP contribution in [0.5, 0.6) is 0 Å². The number of halogens is 2. The van der Waals surface area contributed by atoms with Crippen molar-refractivity contribution >= 4 is 23.5 Å². The van der Waals surface area contributed by atoms with Crippen molar-refractivity contribution < 1.29 is 19.1 Å². The van der Waals surface area contributed by atoms with E-state index in [0.717, 1.165) is 11.0 Å². The summed E-state index contributed by atoms with van der Waals surface area (Å²) in [5.74, 6) is -1.06. The van der Waals surface area contributed by atoms with E-state index >= 15 is 0 Å². The number of amides is 1. The quantitative estimate of drug-likeness (QED) is 0.842. The van der Waals surface area contributed by atoms with Gasteiger partial charge in [-0.05, 0) is 31.0 Å². The maximum Gasteiger partial charge on any atom is 0.407 e. The van der Waals surface area contributed by atoms with Crippen molar-refractivity contribution in [2.75, 3.05) is 6.54 Å². The fourth-order valence-electron chi connectivity index (χ4n) is 2.11. The van der Waals surface area contributed by atoms with Gasteiger partial charge in [0, 0.05) is 12.1 Å². The average Bonchev–Trinajstić information content (AvgIpc) is 2.81. The Balaban J connectivity index is 2.25. The van der Waals surface area contributed by atoms with Crippen molar-refractivity contribution in [2.24, 2.45) is 0 Å². The highest BCUT2D eigenvalue weighted by atomic mass is 35.5. The number of rotatable bonds is 2. The molecule has 1 amide bonds. The van der Waals surface area contributed by atoms with Crippen molar-refractivity contribution in [2.45, 2.75) is 18.9 Å². The van der Waals surface area contributed by atoms with Gasteiger partial charge in [0.05, 0.1) is 11.1 Å². The van der Waals surface area contributed by atoms with E-state index < -0.39 is 18.0 Å². The number of hydrogen-bond donors (Lipinski definition) is 1. The van der Waals surface area contributed by atoms with Gasteiger partial charge in [0.15, 0.2) is 5.78 Å². The van der Waals surface area contributed by atoms with Gasteiger partial charge in [0.2, 0.25) is 0 Å². The first kappa shape index (κ1) is 12.8. The standard InChI is InChI=1S/C12H11ClFNO3/c13-8-4-3-7(6-9(8)14)11(16)10-2-1-5-15(10)12(17)18/h3-4,6,10H,1-2,5H2,(H,17,18). The molecule has 1 fully saturated rings. The monoisotopic (exact) mass is 271 g/mol. The number of ketones is 1. The van der Waals surface area contributed by atoms with Crippen LogP contribution in [0.25, 0.3) is 0 Å². The molecule has 1 aliphatic heterocycles. The summed E-state index contributed by atoms with van der Waals surface area (Å²) < 4.78 is 13.3. The minimum atomic E-state index is -1.12. The van der Waals surface area contributed by atoms with Crippen LogP contribution < -0.4 is 0 Å². The predicted molar refractivity (Wildman–Crippen MR) is 63.5 cm³/mol. The van der Waals surface area contributed by atoms with Crippen LogP contribution in [0.1, 0.15) is 23.2 Å². The molecule has 0 aromatic heterocycles. The number of Topliss-reactive ketones (excluding diaryl/α,β-unsaturated/α-hetero) is 1. The Morgan fingerprint density at radius 2 is 2.17 bits per heavy atom. The Hall–Kier alpha value is -1.62. The third-order valence-electron chi connectivity index (χ3n) is 3.01. The van der Waals surface area contributed by atoms with E-state index in [2.05, 4.69) is 0 Å². The maximum absolute atomic E-state index is 13.3. The predicted octanol–water partition coefficient (Wildman–Crippen LogP) is 2.80. The fourth-order valence-corrected chi connectivity index (χ4v) is 2.23. The molecule has 1 heterocycles. The molecule has 1 aliphatic rings. The molecule has 18 heavy (non-hydrogen) atoms. The lowest BCUT2D eigenvalue weighted by Crippen LogP contribution is -2.39. The van der Waals surface area contributed by atoms with Crippen LogP contribution in [0.4, 0.5) is 9.18 Å². The van der Waals surface area contributed by atoms with Crippen molar-refractivity contribution in [3.8, 4) is 0 Å². The molecule has 1 aromatic carbocycles. The van der Waals surface area contributed by atoms with Gasteiger partial charge in [-0.15, -0.1) is 0 Å². The summed E-state index contributed by atoms with van der Waals surface area (Å²) in [6.07, 6.45) is -0.0194. The summed E-state index contributed by atoms with van der Waals surface area (Å²) in [7, 11) is 0. The third kappa shape index (κ3) is 2.31. The molecule has 0 aliphatic carbocycles. The molecular weight excluding hydrogens is 261 g/mol. The Morgan fingerprint density at radius 1 is 1.44 bits per heavy atom. The Morgan fingerprint density at radius 3 is 2.78 bits per heavy atom. The summed E-state index contributed by atoms with van der Waals surface area (Å²) in [5, 5.41) is 8.89. The minimum Gasteiger partial charge on any atom is -0.465 e. The molecule has 4 nitrogen and oxygen atoms in total. The molecule has 2 rings (SSSR count). The zero-order valence-electron chi connectivity index (χ0n) is 9.40. The zero-order valence-corrected chi connectivity index (χ0v) is 10.2. The second-order valence-electron chi connectivity index (χ2n) is 4.13. The molecule has 96 valence electrons. The first-order chi connectivity index (χ1) is 8.50. The van der Waals surface area contributed by atoms with Gasteiger partial charge < -0.3 is 5.11 Å². The van der Waals surface area contributed by atoms with Gasteiger partial charge in [-0.25, -0.2) is 9.18 Å². The van der Waals surface area contributed by atoms with E-state index in [9.17, 15) is 14.0 Å². The van der Waals surface area contributed by atoms with Crippen LogP contribution in [0.2, 0.25) is 5.02 Å². The molecule has 0 saturated carbocycles. The summed E-state index contributed by atoms with van der Waals surface area (Å²) in [6.45, 7) is 0.335. The summed E-state index contributed by atoms with van der Waals surface area (Å²) >= 11 is 5.53. The van der Waals surface area contributed by atoms with Crippen LogP contribution in [0.3, 0.4) is 0 Å². The molecule has 0 radical (unpaired) electrons. The second kappa shape index (κ2) is 4.94. The molecule has 1 unspecified atom stereocenters. The molecule has 1 atom stereocenters. The van der Waals surface area contributed by atoms with Crippen LogP contribution in [0, 0.1) is 5.82 Å². The molecule has 0 bridgehead atoms. The molecule has 0 spiro atoms. The summed E-state index contributed by atoms with van der Waals surface area (Å²) in [5.41, 5.74) is 0.148. The zero-order chi connectivity index (χ0) is 13.3. The lowest BCUT2D eigenvalue weighted by molar-refractivity contribution is 0.0844. The summed E-state index contributed by atoms with van der Waals surface area (Å²) in [4.78, 5) is 24.2. The highest BCUT2D eigenvalue weighted by molar-refractivity contribution is 6.30. The normalized spacial score (nSPS) is 19.0. The Bertz CT molecular complexity index is 506. The molecule has 1 saturated heterocycles. The highest BCUT2D eigenvalue weighted by Gasteiger charge is 2.34. The lowest BCUT2D eigenvalue weighted by atomic mass is 10.0. The number of nitrogens with zero attached hydrogens (tertiary/aromatic N) is 1. The van der Waals surface area contributed by atoms with Crippen LogP contribution in [-0.2, 0) is 0 Å². The molecule has 6 heteroatoms.